The van der Waals surface area contributed by atoms with E-state index >= 15 is 0 Å². The summed E-state index contributed by atoms with van der Waals surface area (Å²) in [6, 6.07) is 12.9. The minimum atomic E-state index is -0.949. The highest BCUT2D eigenvalue weighted by Crippen LogP contribution is 2.32. The summed E-state index contributed by atoms with van der Waals surface area (Å²) in [6.45, 7) is 5.41. The number of fused-ring (bicyclic) bond motifs is 1. The average Bonchev–Trinajstić information content (AvgIpc) is 2.85. The molecule has 2 aromatic carbocycles. The molecule has 208 valence electrons. The molecule has 1 aromatic heterocycles. The van der Waals surface area contributed by atoms with Crippen LogP contribution in [0.1, 0.15) is 32.8 Å². The Morgan fingerprint density at radius 1 is 1.15 bits per heavy atom. The van der Waals surface area contributed by atoms with Crippen molar-refractivity contribution in [1.82, 2.24) is 5.32 Å². The number of nitrogens with two attached hydrogens (primary N) is 1. The van der Waals surface area contributed by atoms with Gasteiger partial charge >= 0.3 is 17.7 Å². The number of thioether (sulfide) groups is 1. The maximum atomic E-state index is 13.2. The van der Waals surface area contributed by atoms with Crippen molar-refractivity contribution in [2.75, 3.05) is 17.7 Å². The minimum absolute atomic E-state index is 0.0140. The van der Waals surface area contributed by atoms with Crippen LogP contribution in [0.5, 0.6) is 5.95 Å². The number of benzene rings is 2. The molecule has 1 atom stereocenters. The molecule has 0 fully saturated rings. The molecule has 2 amide bonds. The summed E-state index contributed by atoms with van der Waals surface area (Å²) in [5.74, 6) is -0.0341. The molecule has 3 aromatic rings. The molecular weight excluding hydrogens is 544 g/mol. The van der Waals surface area contributed by atoms with Gasteiger partial charge in [-0.05, 0) is 44.9 Å². The van der Waals surface area contributed by atoms with Crippen LogP contribution in [0.4, 0.5) is 10.5 Å². The van der Waals surface area contributed by atoms with Gasteiger partial charge in [0.25, 0.3) is 0 Å². The second-order valence-electron chi connectivity index (χ2n) is 9.54. The number of hydrogen-bond donors (Lipinski definition) is 4. The van der Waals surface area contributed by atoms with Crippen molar-refractivity contribution < 1.29 is 23.5 Å². The van der Waals surface area contributed by atoms with Gasteiger partial charge in [0.2, 0.25) is 5.91 Å². The molecule has 3 rings (SSSR count). The number of alkyl carbamates (subject to hydrolysis) is 1. The summed E-state index contributed by atoms with van der Waals surface area (Å²) >= 11 is 7.60. The molecule has 0 aliphatic heterocycles. The van der Waals surface area contributed by atoms with Crippen LogP contribution in [-0.2, 0) is 16.0 Å². The van der Waals surface area contributed by atoms with E-state index in [1.54, 1.807) is 32.9 Å². The number of halogens is 1. The lowest BCUT2D eigenvalue weighted by Crippen LogP contribution is -2.47. The fraction of sp³-hybridized carbons (Fsp3) is 0.333. The van der Waals surface area contributed by atoms with E-state index in [4.69, 9.17) is 36.6 Å². The first-order chi connectivity index (χ1) is 18.4. The quantitative estimate of drug-likeness (QED) is 0.151. The van der Waals surface area contributed by atoms with E-state index in [-0.39, 0.29) is 34.6 Å². The Kier molecular flexibility index (Phi) is 10.2. The number of anilines is 1. The Hall–Kier alpha value is -3.70. The molecule has 0 saturated carbocycles. The first-order valence-corrected chi connectivity index (χ1v) is 13.5. The standard InChI is InChI=1S/C27H31ClN4O6S/c1-27(2,3)38-26(35)32-20(14-16-8-5-4-6-9-16)22(33)31-17-10-11-18-19(15-17)23(34)37-24(21(18)28)36-12-7-13-39-25(29)30/h4-6,8-11,15,20H,7,12-14H2,1-3H3,(H3,29,30)(H,31,33)(H,32,35)/t20-/m1/s1. The maximum absolute atomic E-state index is 13.2. The first kappa shape index (κ1) is 29.9. The fourth-order valence-electron chi connectivity index (χ4n) is 3.51. The molecule has 0 aliphatic rings. The largest absolute Gasteiger partial charge is 0.464 e. The topological polar surface area (TPSA) is 157 Å². The third-order valence-electron chi connectivity index (χ3n) is 5.18. The van der Waals surface area contributed by atoms with Crippen LogP contribution in [0.25, 0.3) is 10.8 Å². The van der Waals surface area contributed by atoms with Crippen molar-refractivity contribution in [2.45, 2.75) is 45.3 Å². The number of rotatable bonds is 10. The summed E-state index contributed by atoms with van der Waals surface area (Å²) in [5.41, 5.74) is 5.03. The predicted molar refractivity (Wildman–Crippen MR) is 154 cm³/mol. The Balaban J connectivity index is 1.77. The number of carbonyl (C=O) groups excluding carboxylic acids is 2. The molecule has 0 radical (unpaired) electrons. The molecule has 0 aliphatic carbocycles. The summed E-state index contributed by atoms with van der Waals surface area (Å²) in [5, 5.41) is 13.3. The zero-order valence-corrected chi connectivity index (χ0v) is 23.4. The van der Waals surface area contributed by atoms with Gasteiger partial charge in [0.05, 0.1) is 12.0 Å². The SMILES string of the molecule is CC(C)(C)OC(=O)N[C@H](Cc1ccccc1)C(=O)Nc1ccc2c(Cl)c(OCCCSC(=N)N)oc(=O)c2c1. The average molecular weight is 575 g/mol. The molecule has 5 N–H and O–H groups in total. The first-order valence-electron chi connectivity index (χ1n) is 12.1. The third kappa shape index (κ3) is 9.22. The highest BCUT2D eigenvalue weighted by Gasteiger charge is 2.25. The van der Waals surface area contributed by atoms with E-state index in [1.807, 2.05) is 30.3 Å². The van der Waals surface area contributed by atoms with Gasteiger partial charge in [-0.2, -0.15) is 0 Å². The van der Waals surface area contributed by atoms with Gasteiger partial charge in [-0.25, -0.2) is 9.59 Å². The Morgan fingerprint density at radius 2 is 1.87 bits per heavy atom. The smallest absolute Gasteiger partial charge is 0.408 e. The van der Waals surface area contributed by atoms with Gasteiger partial charge in [-0.15, -0.1) is 0 Å². The molecule has 1 heterocycles. The highest BCUT2D eigenvalue weighted by molar-refractivity contribution is 8.13. The summed E-state index contributed by atoms with van der Waals surface area (Å²) < 4.78 is 16.1. The van der Waals surface area contributed by atoms with Crippen molar-refractivity contribution in [1.29, 1.82) is 5.41 Å². The lowest BCUT2D eigenvalue weighted by Gasteiger charge is -2.23. The van der Waals surface area contributed by atoms with E-state index in [9.17, 15) is 14.4 Å². The summed E-state index contributed by atoms with van der Waals surface area (Å²) in [4.78, 5) is 38.3. The minimum Gasteiger partial charge on any atom is -0.464 e. The summed E-state index contributed by atoms with van der Waals surface area (Å²) in [6.07, 6.45) is 0.0605. The van der Waals surface area contributed by atoms with E-state index < -0.39 is 29.3 Å². The van der Waals surface area contributed by atoms with Gasteiger partial charge in [0, 0.05) is 23.2 Å². The fourth-order valence-corrected chi connectivity index (χ4v) is 4.25. The second kappa shape index (κ2) is 13.4. The van der Waals surface area contributed by atoms with E-state index in [0.717, 1.165) is 5.56 Å². The van der Waals surface area contributed by atoms with Crippen molar-refractivity contribution in [3.05, 3.63) is 69.5 Å². The molecule has 0 unspecified atom stereocenters. The van der Waals surface area contributed by atoms with Crippen molar-refractivity contribution in [2.24, 2.45) is 5.73 Å². The Bertz CT molecular complexity index is 1390. The Morgan fingerprint density at radius 3 is 2.54 bits per heavy atom. The second-order valence-corrected chi connectivity index (χ2v) is 11.1. The van der Waals surface area contributed by atoms with E-state index in [0.29, 0.717) is 23.2 Å². The zero-order chi connectivity index (χ0) is 28.6. The van der Waals surface area contributed by atoms with Gasteiger partial charge in [0.1, 0.15) is 16.7 Å². The Labute approximate surface area is 235 Å². The van der Waals surface area contributed by atoms with Crippen LogP contribution < -0.4 is 26.7 Å². The molecule has 0 spiro atoms. The molecule has 10 nitrogen and oxygen atoms in total. The predicted octanol–water partition coefficient (Wildman–Crippen LogP) is 4.92. The third-order valence-corrected chi connectivity index (χ3v) is 6.34. The normalized spacial score (nSPS) is 12.0. The van der Waals surface area contributed by atoms with Gasteiger partial charge < -0.3 is 30.3 Å². The van der Waals surface area contributed by atoms with Crippen molar-refractivity contribution in [3.63, 3.8) is 0 Å². The maximum Gasteiger partial charge on any atom is 0.408 e. The van der Waals surface area contributed by atoms with Gasteiger partial charge in [-0.3, -0.25) is 10.2 Å². The van der Waals surface area contributed by atoms with Crippen molar-refractivity contribution >= 4 is 57.0 Å². The number of amidine groups is 1. The zero-order valence-electron chi connectivity index (χ0n) is 21.8. The number of amides is 2. The van der Waals surface area contributed by atoms with Crippen LogP contribution >= 0.6 is 23.4 Å². The lowest BCUT2D eigenvalue weighted by atomic mass is 10.1. The highest BCUT2D eigenvalue weighted by atomic mass is 35.5. The summed E-state index contributed by atoms with van der Waals surface area (Å²) in [7, 11) is 0. The van der Waals surface area contributed by atoms with Crippen molar-refractivity contribution in [3.8, 4) is 5.95 Å². The molecular formula is C27H31ClN4O6S. The van der Waals surface area contributed by atoms with Crippen LogP contribution in [0.15, 0.2) is 57.7 Å². The number of carbonyl (C=O) groups is 2. The van der Waals surface area contributed by atoms with Crippen LogP contribution in [0.2, 0.25) is 5.02 Å². The monoisotopic (exact) mass is 574 g/mol. The molecule has 12 heteroatoms. The van der Waals surface area contributed by atoms with Gasteiger partial charge in [-0.1, -0.05) is 59.8 Å². The molecule has 0 bridgehead atoms. The van der Waals surface area contributed by atoms with Crippen LogP contribution in [0.3, 0.4) is 0 Å². The van der Waals surface area contributed by atoms with E-state index in [2.05, 4.69) is 10.6 Å². The molecule has 0 saturated heterocycles. The van der Waals surface area contributed by atoms with E-state index in [1.165, 1.54) is 17.8 Å². The van der Waals surface area contributed by atoms with Gasteiger partial charge in [0.15, 0.2) is 5.17 Å². The van der Waals surface area contributed by atoms with Crippen LogP contribution in [0, 0.1) is 5.41 Å². The lowest BCUT2D eigenvalue weighted by molar-refractivity contribution is -0.118. The number of ether oxygens (including phenoxy) is 2. The van der Waals surface area contributed by atoms with Crippen LogP contribution in [-0.4, -0.2) is 41.2 Å². The number of nitrogens with one attached hydrogen (secondary N) is 3. The molecule has 39 heavy (non-hydrogen) atoms. The number of hydrogen-bond acceptors (Lipinski definition) is 8.